The van der Waals surface area contributed by atoms with Gasteiger partial charge < -0.3 is 9.47 Å². The van der Waals surface area contributed by atoms with Gasteiger partial charge in [0.2, 0.25) is 5.78 Å². The molecule has 2 aromatic heterocycles. The largest absolute Gasteiger partial charge is 0.493 e. The first-order valence-electron chi connectivity index (χ1n) is 8.94. The molecular formula is C20H21N3O2. The molecule has 0 amide bonds. The highest BCUT2D eigenvalue weighted by Crippen LogP contribution is 2.47. The van der Waals surface area contributed by atoms with Gasteiger partial charge in [-0.3, -0.25) is 4.40 Å². The number of rotatable bonds is 4. The summed E-state index contributed by atoms with van der Waals surface area (Å²) in [5, 5.41) is 0. The molecule has 0 saturated heterocycles. The third kappa shape index (κ3) is 2.54. The normalized spacial score (nSPS) is 24.8. The predicted octanol–water partition coefficient (Wildman–Crippen LogP) is 3.97. The molecule has 5 rings (SSSR count). The van der Waals surface area contributed by atoms with Gasteiger partial charge in [0.15, 0.2) is 11.5 Å². The fourth-order valence-electron chi connectivity index (χ4n) is 4.41. The van der Waals surface area contributed by atoms with Crippen LogP contribution in [0.15, 0.2) is 43.0 Å². The van der Waals surface area contributed by atoms with Crippen LogP contribution in [0.3, 0.4) is 0 Å². The van der Waals surface area contributed by atoms with Crippen LogP contribution in [0.2, 0.25) is 0 Å². The molecule has 3 atom stereocenters. The van der Waals surface area contributed by atoms with Crippen molar-refractivity contribution in [2.75, 3.05) is 7.11 Å². The van der Waals surface area contributed by atoms with Gasteiger partial charge in [-0.2, -0.15) is 0 Å². The van der Waals surface area contributed by atoms with E-state index in [4.69, 9.17) is 9.47 Å². The SMILES string of the molecule is COc1ccc(-c2cnc3nccn3c2)cc1OC1CC2CCC1C2. The number of fused-ring (bicyclic) bond motifs is 3. The van der Waals surface area contributed by atoms with Crippen LogP contribution in [0, 0.1) is 11.8 Å². The second kappa shape index (κ2) is 5.76. The van der Waals surface area contributed by atoms with Crippen LogP contribution in [-0.4, -0.2) is 27.6 Å². The van der Waals surface area contributed by atoms with E-state index in [1.54, 1.807) is 13.3 Å². The Hall–Kier alpha value is -2.56. The van der Waals surface area contributed by atoms with E-state index in [-0.39, 0.29) is 0 Å². The fraction of sp³-hybridized carbons (Fsp3) is 0.400. The van der Waals surface area contributed by atoms with Crippen molar-refractivity contribution < 1.29 is 9.47 Å². The lowest BCUT2D eigenvalue weighted by atomic mass is 9.97. The molecule has 5 heteroatoms. The Balaban J connectivity index is 1.48. The van der Waals surface area contributed by atoms with E-state index in [9.17, 15) is 0 Å². The monoisotopic (exact) mass is 335 g/mol. The summed E-state index contributed by atoms with van der Waals surface area (Å²) < 4.78 is 13.9. The molecule has 2 aliphatic carbocycles. The number of hydrogen-bond acceptors (Lipinski definition) is 4. The molecule has 0 N–H and O–H groups in total. The van der Waals surface area contributed by atoms with Gasteiger partial charge in [-0.1, -0.05) is 6.07 Å². The van der Waals surface area contributed by atoms with Gasteiger partial charge in [0.05, 0.1) is 7.11 Å². The minimum atomic E-state index is 0.331. The summed E-state index contributed by atoms with van der Waals surface area (Å²) in [6.07, 6.45) is 13.1. The zero-order valence-electron chi connectivity index (χ0n) is 14.3. The molecule has 2 aliphatic rings. The lowest BCUT2D eigenvalue weighted by Gasteiger charge is -2.24. The first kappa shape index (κ1) is 14.8. The highest BCUT2D eigenvalue weighted by Gasteiger charge is 2.41. The molecule has 0 aliphatic heterocycles. The molecule has 3 aromatic rings. The van der Waals surface area contributed by atoms with E-state index in [1.165, 1.54) is 25.7 Å². The van der Waals surface area contributed by atoms with Crippen LogP contribution in [0.5, 0.6) is 11.5 Å². The number of methoxy groups -OCH3 is 1. The van der Waals surface area contributed by atoms with E-state index >= 15 is 0 Å². The van der Waals surface area contributed by atoms with Crippen molar-refractivity contribution in [3.05, 3.63) is 43.0 Å². The van der Waals surface area contributed by atoms with Gasteiger partial charge in [-0.15, -0.1) is 0 Å². The molecule has 2 bridgehead atoms. The number of ether oxygens (including phenoxy) is 2. The summed E-state index contributed by atoms with van der Waals surface area (Å²) in [5.74, 6) is 3.90. The number of nitrogens with zero attached hydrogens (tertiary/aromatic N) is 3. The molecule has 2 heterocycles. The van der Waals surface area contributed by atoms with Crippen molar-refractivity contribution in [1.29, 1.82) is 0 Å². The summed E-state index contributed by atoms with van der Waals surface area (Å²) in [4.78, 5) is 8.60. The quantitative estimate of drug-likeness (QED) is 0.724. The summed E-state index contributed by atoms with van der Waals surface area (Å²) in [6.45, 7) is 0. The molecule has 2 saturated carbocycles. The second-order valence-corrected chi connectivity index (χ2v) is 7.17. The third-order valence-corrected chi connectivity index (χ3v) is 5.69. The van der Waals surface area contributed by atoms with Crippen LogP contribution < -0.4 is 9.47 Å². The standard InChI is InChI=1S/C20H21N3O2/c1-24-17-5-4-14(16-11-22-20-21-6-7-23(20)12-16)10-19(17)25-18-9-13-2-3-15(18)8-13/h4-7,10-13,15,18H,2-3,8-9H2,1H3. The van der Waals surface area contributed by atoms with Crippen molar-refractivity contribution >= 4 is 5.78 Å². The van der Waals surface area contributed by atoms with Crippen LogP contribution >= 0.6 is 0 Å². The molecule has 0 radical (unpaired) electrons. The molecule has 1 aromatic carbocycles. The third-order valence-electron chi connectivity index (χ3n) is 5.69. The Bertz CT molecular complexity index is 920. The van der Waals surface area contributed by atoms with E-state index < -0.39 is 0 Å². The molecule has 0 spiro atoms. The summed E-state index contributed by atoms with van der Waals surface area (Å²) in [7, 11) is 1.70. The summed E-state index contributed by atoms with van der Waals surface area (Å²) >= 11 is 0. The Kier molecular flexibility index (Phi) is 3.40. The van der Waals surface area contributed by atoms with Crippen LogP contribution in [-0.2, 0) is 0 Å². The average Bonchev–Trinajstić information content (AvgIpc) is 3.37. The van der Waals surface area contributed by atoms with Gasteiger partial charge >= 0.3 is 0 Å². The Morgan fingerprint density at radius 3 is 2.84 bits per heavy atom. The Morgan fingerprint density at radius 1 is 1.08 bits per heavy atom. The topological polar surface area (TPSA) is 48.7 Å². The smallest absolute Gasteiger partial charge is 0.233 e. The lowest BCUT2D eigenvalue weighted by molar-refractivity contribution is 0.133. The zero-order valence-corrected chi connectivity index (χ0v) is 14.3. The summed E-state index contributed by atoms with van der Waals surface area (Å²) in [6, 6.07) is 6.10. The first-order valence-corrected chi connectivity index (χ1v) is 8.94. The van der Waals surface area contributed by atoms with Gasteiger partial charge in [-0.05, 0) is 55.2 Å². The molecular weight excluding hydrogens is 314 g/mol. The minimum Gasteiger partial charge on any atom is -0.493 e. The Morgan fingerprint density at radius 2 is 2.04 bits per heavy atom. The van der Waals surface area contributed by atoms with Crippen molar-refractivity contribution in [2.24, 2.45) is 11.8 Å². The fourth-order valence-corrected chi connectivity index (χ4v) is 4.41. The summed E-state index contributed by atoms with van der Waals surface area (Å²) in [5.41, 5.74) is 2.10. The van der Waals surface area contributed by atoms with E-state index in [2.05, 4.69) is 16.0 Å². The molecule has 3 unspecified atom stereocenters. The van der Waals surface area contributed by atoms with Gasteiger partial charge in [-0.25, -0.2) is 9.97 Å². The number of benzene rings is 1. The van der Waals surface area contributed by atoms with Crippen LogP contribution in [0.1, 0.15) is 25.7 Å². The van der Waals surface area contributed by atoms with Crippen molar-refractivity contribution in [3.63, 3.8) is 0 Å². The van der Waals surface area contributed by atoms with Crippen molar-refractivity contribution in [2.45, 2.75) is 31.8 Å². The highest BCUT2D eigenvalue weighted by atomic mass is 16.5. The van der Waals surface area contributed by atoms with E-state index in [0.717, 1.165) is 28.5 Å². The highest BCUT2D eigenvalue weighted by molar-refractivity contribution is 5.66. The molecule has 5 nitrogen and oxygen atoms in total. The maximum atomic E-state index is 6.40. The van der Waals surface area contributed by atoms with E-state index in [0.29, 0.717) is 17.8 Å². The number of hydrogen-bond donors (Lipinski definition) is 0. The van der Waals surface area contributed by atoms with E-state index in [1.807, 2.05) is 35.1 Å². The van der Waals surface area contributed by atoms with Gasteiger partial charge in [0.1, 0.15) is 6.10 Å². The predicted molar refractivity (Wildman–Crippen MR) is 94.8 cm³/mol. The number of imidazole rings is 1. The van der Waals surface area contributed by atoms with Crippen LogP contribution in [0.25, 0.3) is 16.9 Å². The van der Waals surface area contributed by atoms with Gasteiger partial charge in [0.25, 0.3) is 0 Å². The average molecular weight is 335 g/mol. The van der Waals surface area contributed by atoms with Crippen molar-refractivity contribution in [1.82, 2.24) is 14.4 Å². The second-order valence-electron chi connectivity index (χ2n) is 7.17. The van der Waals surface area contributed by atoms with Crippen molar-refractivity contribution in [3.8, 4) is 22.6 Å². The molecule has 25 heavy (non-hydrogen) atoms. The van der Waals surface area contributed by atoms with Gasteiger partial charge in [0, 0.05) is 30.4 Å². The maximum Gasteiger partial charge on any atom is 0.233 e. The minimum absolute atomic E-state index is 0.331. The zero-order chi connectivity index (χ0) is 16.8. The lowest BCUT2D eigenvalue weighted by Crippen LogP contribution is -2.23. The maximum absolute atomic E-state index is 6.40. The first-order chi connectivity index (χ1) is 12.3. The molecule has 2 fully saturated rings. The van der Waals surface area contributed by atoms with Crippen LogP contribution in [0.4, 0.5) is 0 Å². The number of aromatic nitrogens is 3. The molecule has 128 valence electrons. The Labute approximate surface area is 146 Å².